The number of phenolic OH excluding ortho intramolecular Hbond substituents is 5. The Bertz CT molecular complexity index is 2240. The van der Waals surface area contributed by atoms with E-state index in [-0.39, 0.29) is 41.6 Å². The number of aliphatic hydroxyl groups excluding tert-OH is 7. The number of hydrogen-bond donors (Lipinski definition) is 12. The number of esters is 2. The zero-order chi connectivity index (χ0) is 49.4. The molecule has 0 saturated carbocycles. The number of methoxy groups -OCH3 is 1. The predicted molar refractivity (Wildman–Crippen MR) is 227 cm³/mol. The van der Waals surface area contributed by atoms with E-state index in [2.05, 4.69) is 0 Å². The Morgan fingerprint density at radius 2 is 1.15 bits per heavy atom. The highest BCUT2D eigenvalue weighted by atomic mass is 16.8. The molecule has 0 radical (unpaired) electrons. The molecule has 3 aromatic rings. The number of rotatable bonds is 17. The van der Waals surface area contributed by atoms with Crippen molar-refractivity contribution in [2.75, 3.05) is 26.9 Å². The van der Waals surface area contributed by atoms with Crippen LogP contribution in [0.5, 0.6) is 34.5 Å². The molecule has 0 bridgehead atoms. The predicted octanol–water partition coefficient (Wildman–Crippen LogP) is -1.21. The molecule has 3 aliphatic heterocycles. The number of ether oxygens (including phenoxy) is 9. The standard InChI is InChI=1S/C45H54O23/c1-20-41(68-45-38(57)35(54)34(53)30(65-45)18-62-32(51)11-6-22-5-10-26(48)29(17-22)60-2)36(55)39(58)44(64-20)63-19-31-42(67-33(52)12-7-21-3-8-24(46)27(49)15-21)37(56)40(59)43(66-31)61-14-13-23-4-9-25(47)28(50)16-23/h3-12,15-17,20,30-31,34-50,53-59H,13-14,18-19H2,1-2H3/t20-,30+,31+,34+,35-,36-,37+,38+,39+,40+,41-,42+,43+,44+,45-/m0/s1. The van der Waals surface area contributed by atoms with Crippen LogP contribution in [0.1, 0.15) is 23.6 Å². The molecular weight excluding hydrogens is 908 g/mol. The highest BCUT2D eigenvalue weighted by Crippen LogP contribution is 2.33. The zero-order valence-corrected chi connectivity index (χ0v) is 36.4. The van der Waals surface area contributed by atoms with Gasteiger partial charge in [-0.05, 0) is 78.6 Å². The van der Waals surface area contributed by atoms with Gasteiger partial charge in [-0.1, -0.05) is 18.2 Å². The Morgan fingerprint density at radius 3 is 1.81 bits per heavy atom. The van der Waals surface area contributed by atoms with E-state index >= 15 is 0 Å². The molecule has 0 unspecified atom stereocenters. The fourth-order valence-electron chi connectivity index (χ4n) is 7.34. The third-order valence-corrected chi connectivity index (χ3v) is 11.2. The average molecular weight is 963 g/mol. The van der Waals surface area contributed by atoms with Crippen LogP contribution in [0.3, 0.4) is 0 Å². The normalized spacial score (nSPS) is 32.0. The lowest BCUT2D eigenvalue weighted by atomic mass is 9.97. The number of carbonyl (C=O) groups is 2. The van der Waals surface area contributed by atoms with Gasteiger partial charge in [0.25, 0.3) is 0 Å². The first kappa shape index (κ1) is 51.7. The number of benzene rings is 3. The van der Waals surface area contributed by atoms with Crippen molar-refractivity contribution in [2.24, 2.45) is 0 Å². The number of hydrogen-bond acceptors (Lipinski definition) is 23. The Balaban J connectivity index is 1.08. The molecule has 0 aromatic heterocycles. The summed E-state index contributed by atoms with van der Waals surface area (Å²) in [5.74, 6) is -3.48. The van der Waals surface area contributed by atoms with E-state index in [1.165, 1.54) is 74.7 Å². The van der Waals surface area contributed by atoms with Gasteiger partial charge in [-0.3, -0.25) is 0 Å². The van der Waals surface area contributed by atoms with E-state index in [4.69, 9.17) is 42.6 Å². The van der Waals surface area contributed by atoms with Crippen LogP contribution < -0.4 is 4.74 Å². The molecule has 12 N–H and O–H groups in total. The molecule has 372 valence electrons. The lowest BCUT2D eigenvalue weighted by Gasteiger charge is -2.46. The van der Waals surface area contributed by atoms with Crippen molar-refractivity contribution in [1.82, 2.24) is 0 Å². The second-order valence-electron chi connectivity index (χ2n) is 16.0. The molecule has 3 fully saturated rings. The maximum absolute atomic E-state index is 13.0. The molecule has 0 amide bonds. The fraction of sp³-hybridized carbons (Fsp3) is 0.467. The van der Waals surface area contributed by atoms with Crippen molar-refractivity contribution in [3.63, 3.8) is 0 Å². The van der Waals surface area contributed by atoms with Crippen molar-refractivity contribution in [3.8, 4) is 34.5 Å². The van der Waals surface area contributed by atoms with Crippen molar-refractivity contribution in [2.45, 2.75) is 105 Å². The van der Waals surface area contributed by atoms with Crippen LogP contribution in [0.4, 0.5) is 0 Å². The minimum atomic E-state index is -1.91. The second kappa shape index (κ2) is 23.1. The number of phenols is 5. The van der Waals surface area contributed by atoms with Gasteiger partial charge in [0.05, 0.1) is 26.4 Å². The summed E-state index contributed by atoms with van der Waals surface area (Å²) < 4.78 is 50.4. The summed E-state index contributed by atoms with van der Waals surface area (Å²) >= 11 is 0. The van der Waals surface area contributed by atoms with E-state index in [1.54, 1.807) is 0 Å². The molecule has 0 spiro atoms. The van der Waals surface area contributed by atoms with Crippen LogP contribution in [0.25, 0.3) is 12.2 Å². The van der Waals surface area contributed by atoms with Crippen LogP contribution in [-0.4, -0.2) is 192 Å². The van der Waals surface area contributed by atoms with Crippen LogP contribution in [-0.2, 0) is 53.9 Å². The first-order chi connectivity index (χ1) is 32.3. The molecule has 23 heteroatoms. The smallest absolute Gasteiger partial charge is 0.331 e. The number of carbonyl (C=O) groups excluding carboxylic acids is 2. The van der Waals surface area contributed by atoms with Crippen molar-refractivity contribution >= 4 is 24.1 Å². The Morgan fingerprint density at radius 1 is 0.574 bits per heavy atom. The third-order valence-electron chi connectivity index (χ3n) is 11.2. The first-order valence-corrected chi connectivity index (χ1v) is 21.1. The van der Waals surface area contributed by atoms with Gasteiger partial charge in [-0.15, -0.1) is 0 Å². The van der Waals surface area contributed by atoms with Crippen LogP contribution >= 0.6 is 0 Å². The molecule has 3 aliphatic rings. The van der Waals surface area contributed by atoms with Gasteiger partial charge in [0.2, 0.25) is 0 Å². The highest BCUT2D eigenvalue weighted by molar-refractivity contribution is 5.88. The number of aliphatic hydroxyl groups is 7. The van der Waals surface area contributed by atoms with E-state index < -0.39 is 129 Å². The van der Waals surface area contributed by atoms with Gasteiger partial charge in [-0.25, -0.2) is 9.59 Å². The molecule has 3 saturated heterocycles. The molecule has 15 atom stereocenters. The lowest BCUT2D eigenvalue weighted by Crippen LogP contribution is -2.64. The molecule has 23 nitrogen and oxygen atoms in total. The minimum Gasteiger partial charge on any atom is -0.504 e. The lowest BCUT2D eigenvalue weighted by molar-refractivity contribution is -0.360. The van der Waals surface area contributed by atoms with E-state index in [1.807, 2.05) is 0 Å². The molecule has 6 rings (SSSR count). The van der Waals surface area contributed by atoms with Gasteiger partial charge >= 0.3 is 11.9 Å². The summed E-state index contributed by atoms with van der Waals surface area (Å²) in [6.45, 7) is -0.0376. The summed E-state index contributed by atoms with van der Waals surface area (Å²) in [4.78, 5) is 25.5. The Kier molecular flexibility index (Phi) is 17.6. The van der Waals surface area contributed by atoms with Crippen molar-refractivity contribution in [1.29, 1.82) is 0 Å². The van der Waals surface area contributed by atoms with Gasteiger partial charge in [-0.2, -0.15) is 0 Å². The largest absolute Gasteiger partial charge is 0.504 e. The monoisotopic (exact) mass is 962 g/mol. The summed E-state index contributed by atoms with van der Waals surface area (Å²) in [6.07, 6.45) is -20.6. The van der Waals surface area contributed by atoms with Crippen LogP contribution in [0, 0.1) is 0 Å². The SMILES string of the molecule is COc1cc(C=CC(=O)OC[C@H]2O[C@@H](O[C@@H]3[C@@H](O)[C@@H](O)[C@H](OC[C@H]4O[C@@H](OCCc5ccc(O)c(O)c5)[C@H](O)[C@@H](O)[C@@H]4OC(=O)C=Cc4ccc(O)c(O)c4)O[C@H]3C)[C@H](O)[C@@H](O)[C@@H]2O)ccc1O. The van der Waals surface area contributed by atoms with Gasteiger partial charge in [0.15, 0.2) is 59.5 Å². The summed E-state index contributed by atoms with van der Waals surface area (Å²) in [5, 5.41) is 125. The Hall–Kier alpha value is -5.64. The van der Waals surface area contributed by atoms with Gasteiger partial charge < -0.3 is 104 Å². The van der Waals surface area contributed by atoms with E-state index in [0.29, 0.717) is 11.1 Å². The van der Waals surface area contributed by atoms with E-state index in [9.17, 15) is 70.9 Å². The zero-order valence-electron chi connectivity index (χ0n) is 36.4. The minimum absolute atomic E-state index is 0.117. The first-order valence-electron chi connectivity index (χ1n) is 21.1. The molecular formula is C45H54O23. The van der Waals surface area contributed by atoms with Gasteiger partial charge in [0, 0.05) is 12.2 Å². The van der Waals surface area contributed by atoms with Crippen LogP contribution in [0.2, 0.25) is 0 Å². The molecule has 0 aliphatic carbocycles. The average Bonchev–Trinajstić information content (AvgIpc) is 3.31. The molecule has 68 heavy (non-hydrogen) atoms. The highest BCUT2D eigenvalue weighted by Gasteiger charge is 2.52. The quantitative estimate of drug-likeness (QED) is 0.0429. The topological polar surface area (TPSA) is 360 Å². The van der Waals surface area contributed by atoms with Crippen molar-refractivity contribution < 1.29 is 113 Å². The summed E-state index contributed by atoms with van der Waals surface area (Å²) in [5.41, 5.74) is 1.29. The van der Waals surface area contributed by atoms with Crippen molar-refractivity contribution in [3.05, 3.63) is 83.4 Å². The Labute approximate surface area is 387 Å². The van der Waals surface area contributed by atoms with Gasteiger partial charge in [0.1, 0.15) is 67.6 Å². The summed E-state index contributed by atoms with van der Waals surface area (Å²) in [6, 6.07) is 12.1. The van der Waals surface area contributed by atoms with Crippen LogP contribution in [0.15, 0.2) is 66.7 Å². The maximum Gasteiger partial charge on any atom is 0.331 e. The number of aromatic hydroxyl groups is 5. The summed E-state index contributed by atoms with van der Waals surface area (Å²) in [7, 11) is 1.35. The molecule has 3 aromatic carbocycles. The second-order valence-corrected chi connectivity index (χ2v) is 16.0. The fourth-order valence-corrected chi connectivity index (χ4v) is 7.34. The molecule has 3 heterocycles. The van der Waals surface area contributed by atoms with E-state index in [0.717, 1.165) is 18.2 Å². The maximum atomic E-state index is 13.0. The third kappa shape index (κ3) is 12.7.